The van der Waals surface area contributed by atoms with Crippen molar-refractivity contribution in [2.24, 2.45) is 0 Å². The van der Waals surface area contributed by atoms with Gasteiger partial charge in [0.05, 0.1) is 7.11 Å². The lowest BCUT2D eigenvalue weighted by Gasteiger charge is -2.07. The van der Waals surface area contributed by atoms with Gasteiger partial charge in [-0.3, -0.25) is 0 Å². The summed E-state index contributed by atoms with van der Waals surface area (Å²) >= 11 is 5.88. The molecule has 0 atom stereocenters. The molecule has 5 heteroatoms. The Hall–Kier alpha value is -1.81. The first-order valence-electron chi connectivity index (χ1n) is 5.13. The monoisotopic (exact) mass is 249 g/mol. The molecule has 2 rings (SSSR count). The Balaban J connectivity index is 2.00. The number of anilines is 1. The van der Waals surface area contributed by atoms with Crippen LogP contribution in [0.2, 0.25) is 5.15 Å². The smallest absolute Gasteiger partial charge is 0.171 e. The molecule has 2 aromatic rings. The van der Waals surface area contributed by atoms with Crippen molar-refractivity contribution in [1.29, 1.82) is 0 Å². The van der Waals surface area contributed by atoms with Crippen molar-refractivity contribution in [1.82, 2.24) is 9.97 Å². The molecule has 1 N–H and O–H groups in total. The Morgan fingerprint density at radius 3 is 2.53 bits per heavy atom. The molecule has 1 heterocycles. The molecule has 88 valence electrons. The van der Waals surface area contributed by atoms with Crippen LogP contribution in [0.1, 0.15) is 5.56 Å². The van der Waals surface area contributed by atoms with E-state index in [2.05, 4.69) is 15.3 Å². The highest BCUT2D eigenvalue weighted by Crippen LogP contribution is 2.16. The van der Waals surface area contributed by atoms with Crippen LogP contribution >= 0.6 is 11.6 Å². The second kappa shape index (κ2) is 5.50. The largest absolute Gasteiger partial charge is 0.497 e. The highest BCUT2D eigenvalue weighted by molar-refractivity contribution is 6.31. The van der Waals surface area contributed by atoms with Crippen LogP contribution in [0.15, 0.2) is 36.7 Å². The molecule has 0 amide bonds. The minimum atomic E-state index is 0.376. The Labute approximate surface area is 105 Å². The third kappa shape index (κ3) is 3.07. The van der Waals surface area contributed by atoms with Gasteiger partial charge in [-0.25, -0.2) is 9.97 Å². The van der Waals surface area contributed by atoms with Crippen molar-refractivity contribution in [3.63, 3.8) is 0 Å². The molecule has 0 unspecified atom stereocenters. The molecule has 0 fully saturated rings. The van der Waals surface area contributed by atoms with E-state index in [1.807, 2.05) is 24.3 Å². The number of ether oxygens (including phenoxy) is 1. The van der Waals surface area contributed by atoms with Gasteiger partial charge in [0.1, 0.15) is 5.75 Å². The number of benzene rings is 1. The quantitative estimate of drug-likeness (QED) is 0.905. The average Bonchev–Trinajstić information content (AvgIpc) is 2.38. The third-order valence-corrected chi connectivity index (χ3v) is 2.55. The van der Waals surface area contributed by atoms with E-state index < -0.39 is 0 Å². The maximum atomic E-state index is 5.88. The van der Waals surface area contributed by atoms with Gasteiger partial charge >= 0.3 is 0 Å². The summed E-state index contributed by atoms with van der Waals surface area (Å²) in [7, 11) is 1.65. The molecule has 0 aliphatic carbocycles. The summed E-state index contributed by atoms with van der Waals surface area (Å²) in [6.07, 6.45) is 3.16. The topological polar surface area (TPSA) is 47.0 Å². The van der Waals surface area contributed by atoms with Crippen molar-refractivity contribution < 1.29 is 4.74 Å². The zero-order valence-corrected chi connectivity index (χ0v) is 10.1. The predicted octanol–water partition coefficient (Wildman–Crippen LogP) is 2.75. The van der Waals surface area contributed by atoms with Gasteiger partial charge in [0, 0.05) is 18.9 Å². The standard InChI is InChI=1S/C12H12ClN3O/c1-17-10-4-2-9(3-5-10)8-16-12-11(13)14-6-7-15-12/h2-7H,8H2,1H3,(H,15,16). The number of rotatable bonds is 4. The van der Waals surface area contributed by atoms with E-state index in [1.54, 1.807) is 19.5 Å². The molecule has 1 aromatic heterocycles. The Bertz CT molecular complexity index is 487. The Morgan fingerprint density at radius 1 is 1.18 bits per heavy atom. The van der Waals surface area contributed by atoms with E-state index in [9.17, 15) is 0 Å². The Morgan fingerprint density at radius 2 is 1.88 bits per heavy atom. The van der Waals surface area contributed by atoms with Crippen LogP contribution in [0.4, 0.5) is 5.82 Å². The van der Waals surface area contributed by atoms with Crippen LogP contribution in [0.25, 0.3) is 0 Å². The molecule has 0 saturated heterocycles. The van der Waals surface area contributed by atoms with Crippen molar-refractivity contribution in [2.45, 2.75) is 6.54 Å². The average molecular weight is 250 g/mol. The Kier molecular flexibility index (Phi) is 3.77. The van der Waals surface area contributed by atoms with E-state index in [4.69, 9.17) is 16.3 Å². The van der Waals surface area contributed by atoms with Crippen LogP contribution in [0.3, 0.4) is 0 Å². The van der Waals surface area contributed by atoms with Crippen molar-refractivity contribution in [3.8, 4) is 5.75 Å². The lowest BCUT2D eigenvalue weighted by Crippen LogP contribution is -2.02. The number of nitrogens with one attached hydrogen (secondary N) is 1. The fourth-order valence-corrected chi connectivity index (χ4v) is 1.54. The molecule has 0 bridgehead atoms. The van der Waals surface area contributed by atoms with Gasteiger partial charge in [-0.15, -0.1) is 0 Å². The first-order valence-corrected chi connectivity index (χ1v) is 5.50. The normalized spacial score (nSPS) is 10.0. The third-order valence-electron chi connectivity index (χ3n) is 2.27. The minimum Gasteiger partial charge on any atom is -0.497 e. The van der Waals surface area contributed by atoms with Crippen LogP contribution in [0, 0.1) is 0 Å². The number of hydrogen-bond donors (Lipinski definition) is 1. The predicted molar refractivity (Wildman–Crippen MR) is 67.4 cm³/mol. The molecule has 0 spiro atoms. The van der Waals surface area contributed by atoms with Gasteiger partial charge in [-0.2, -0.15) is 0 Å². The fourth-order valence-electron chi connectivity index (χ4n) is 1.37. The van der Waals surface area contributed by atoms with E-state index in [0.717, 1.165) is 11.3 Å². The van der Waals surface area contributed by atoms with Crippen LogP contribution in [0.5, 0.6) is 5.75 Å². The first-order chi connectivity index (χ1) is 8.29. The minimum absolute atomic E-state index is 0.376. The highest BCUT2D eigenvalue weighted by atomic mass is 35.5. The zero-order valence-electron chi connectivity index (χ0n) is 9.35. The van der Waals surface area contributed by atoms with E-state index >= 15 is 0 Å². The van der Waals surface area contributed by atoms with Gasteiger partial charge < -0.3 is 10.1 Å². The summed E-state index contributed by atoms with van der Waals surface area (Å²) in [6.45, 7) is 0.641. The van der Waals surface area contributed by atoms with Crippen molar-refractivity contribution >= 4 is 17.4 Å². The molecular formula is C12H12ClN3O. The summed E-state index contributed by atoms with van der Waals surface area (Å²) in [5, 5.41) is 3.50. The van der Waals surface area contributed by atoms with Gasteiger partial charge in [0.2, 0.25) is 0 Å². The number of aromatic nitrogens is 2. The number of halogens is 1. The number of nitrogens with zero attached hydrogens (tertiary/aromatic N) is 2. The van der Waals surface area contributed by atoms with Crippen molar-refractivity contribution in [2.75, 3.05) is 12.4 Å². The lowest BCUT2D eigenvalue weighted by molar-refractivity contribution is 0.414. The molecular weight excluding hydrogens is 238 g/mol. The maximum absolute atomic E-state index is 5.88. The second-order valence-corrected chi connectivity index (χ2v) is 3.76. The van der Waals surface area contributed by atoms with Gasteiger partial charge in [-0.05, 0) is 17.7 Å². The van der Waals surface area contributed by atoms with E-state index in [1.165, 1.54) is 0 Å². The first kappa shape index (κ1) is 11.7. The molecule has 17 heavy (non-hydrogen) atoms. The molecule has 4 nitrogen and oxygen atoms in total. The van der Waals surface area contributed by atoms with Gasteiger partial charge in [0.15, 0.2) is 11.0 Å². The van der Waals surface area contributed by atoms with Crippen LogP contribution < -0.4 is 10.1 Å². The van der Waals surface area contributed by atoms with Gasteiger partial charge in [0.25, 0.3) is 0 Å². The van der Waals surface area contributed by atoms with Crippen LogP contribution in [-0.2, 0) is 6.54 Å². The maximum Gasteiger partial charge on any atom is 0.171 e. The summed E-state index contributed by atoms with van der Waals surface area (Å²) in [5.41, 5.74) is 1.12. The summed E-state index contributed by atoms with van der Waals surface area (Å²) in [6, 6.07) is 7.79. The van der Waals surface area contributed by atoms with E-state index in [-0.39, 0.29) is 0 Å². The van der Waals surface area contributed by atoms with Crippen molar-refractivity contribution in [3.05, 3.63) is 47.4 Å². The number of methoxy groups -OCH3 is 1. The molecule has 1 aromatic carbocycles. The summed E-state index contributed by atoms with van der Waals surface area (Å²) in [5.74, 6) is 1.43. The second-order valence-electron chi connectivity index (χ2n) is 3.40. The van der Waals surface area contributed by atoms with Gasteiger partial charge in [-0.1, -0.05) is 23.7 Å². The molecule has 0 aliphatic heterocycles. The number of hydrogen-bond acceptors (Lipinski definition) is 4. The van der Waals surface area contributed by atoms with E-state index in [0.29, 0.717) is 17.5 Å². The molecule has 0 aliphatic rings. The van der Waals surface area contributed by atoms with Crippen LogP contribution in [-0.4, -0.2) is 17.1 Å². The fraction of sp³-hybridized carbons (Fsp3) is 0.167. The summed E-state index contributed by atoms with van der Waals surface area (Å²) in [4.78, 5) is 8.04. The zero-order chi connectivity index (χ0) is 12.1. The molecule has 0 radical (unpaired) electrons. The highest BCUT2D eigenvalue weighted by Gasteiger charge is 2.01. The SMILES string of the molecule is COc1ccc(CNc2nccnc2Cl)cc1. The molecule has 0 saturated carbocycles. The summed E-state index contributed by atoms with van der Waals surface area (Å²) < 4.78 is 5.09. The lowest BCUT2D eigenvalue weighted by atomic mass is 10.2.